The molecule has 0 aliphatic carbocycles. The lowest BCUT2D eigenvalue weighted by Crippen LogP contribution is -2.60. The van der Waals surface area contributed by atoms with Crippen LogP contribution in [-0.4, -0.2) is 68.2 Å². The molecule has 0 saturated carbocycles. The number of aliphatic hydroxyl groups is 3. The van der Waals surface area contributed by atoms with Crippen molar-refractivity contribution in [1.82, 2.24) is 0 Å². The first-order valence-corrected chi connectivity index (χ1v) is 6.68. The predicted octanol–water partition coefficient (Wildman–Crippen LogP) is -1.28. The van der Waals surface area contributed by atoms with Gasteiger partial charge in [0.05, 0.1) is 0 Å². The first-order valence-electron chi connectivity index (χ1n) is 6.68. The quantitative estimate of drug-likeness (QED) is 0.444. The number of carbonyl (C=O) groups is 2. The van der Waals surface area contributed by atoms with Crippen LogP contribution in [0.25, 0.3) is 0 Å². The summed E-state index contributed by atoms with van der Waals surface area (Å²) in [5, 5.41) is 47.3. The van der Waals surface area contributed by atoms with Gasteiger partial charge in [-0.15, -0.1) is 0 Å². The van der Waals surface area contributed by atoms with Crippen molar-refractivity contribution in [3.8, 4) is 0 Å². The SMILES string of the molecule is O=C(O)C(OC1OC(C(=O)O)C(O)C(O)C1O)c1ccccc1. The molecular weight excluding hydrogens is 312 g/mol. The lowest BCUT2D eigenvalue weighted by molar-refractivity contribution is -0.304. The van der Waals surface area contributed by atoms with E-state index in [-0.39, 0.29) is 5.56 Å². The number of hydrogen-bond donors (Lipinski definition) is 5. The van der Waals surface area contributed by atoms with Crippen LogP contribution < -0.4 is 0 Å². The molecule has 1 saturated heterocycles. The van der Waals surface area contributed by atoms with E-state index in [0.29, 0.717) is 0 Å². The van der Waals surface area contributed by atoms with Gasteiger partial charge in [0.2, 0.25) is 0 Å². The summed E-state index contributed by atoms with van der Waals surface area (Å²) in [6.45, 7) is 0. The van der Waals surface area contributed by atoms with Crippen LogP contribution in [0, 0.1) is 0 Å². The maximum atomic E-state index is 11.4. The molecule has 0 aromatic heterocycles. The number of rotatable bonds is 5. The first-order chi connectivity index (χ1) is 10.8. The van der Waals surface area contributed by atoms with Crippen LogP contribution in [0.5, 0.6) is 0 Å². The summed E-state index contributed by atoms with van der Waals surface area (Å²) in [7, 11) is 0. The number of benzene rings is 1. The third-order valence-electron chi connectivity index (χ3n) is 3.41. The zero-order chi connectivity index (χ0) is 17.1. The Kier molecular flexibility index (Phi) is 5.29. The molecule has 6 unspecified atom stereocenters. The van der Waals surface area contributed by atoms with Crippen LogP contribution in [0.15, 0.2) is 30.3 Å². The molecule has 1 fully saturated rings. The van der Waals surface area contributed by atoms with Crippen LogP contribution in [0.3, 0.4) is 0 Å². The van der Waals surface area contributed by atoms with Crippen LogP contribution >= 0.6 is 0 Å². The molecule has 1 aliphatic rings. The molecule has 0 spiro atoms. The Morgan fingerprint density at radius 2 is 1.61 bits per heavy atom. The molecule has 0 bridgehead atoms. The molecule has 9 heteroatoms. The molecule has 23 heavy (non-hydrogen) atoms. The molecule has 0 radical (unpaired) electrons. The zero-order valence-electron chi connectivity index (χ0n) is 11.7. The van der Waals surface area contributed by atoms with Crippen molar-refractivity contribution in [2.24, 2.45) is 0 Å². The topological polar surface area (TPSA) is 154 Å². The highest BCUT2D eigenvalue weighted by molar-refractivity contribution is 5.74. The van der Waals surface area contributed by atoms with E-state index in [1.54, 1.807) is 18.2 Å². The summed E-state index contributed by atoms with van der Waals surface area (Å²) in [5.41, 5.74) is 0.239. The van der Waals surface area contributed by atoms with Crippen molar-refractivity contribution in [2.45, 2.75) is 36.8 Å². The second-order valence-electron chi connectivity index (χ2n) is 5.00. The van der Waals surface area contributed by atoms with Crippen molar-refractivity contribution in [1.29, 1.82) is 0 Å². The van der Waals surface area contributed by atoms with Gasteiger partial charge >= 0.3 is 11.9 Å². The average molecular weight is 328 g/mol. The minimum atomic E-state index is -1.87. The van der Waals surface area contributed by atoms with Crippen LogP contribution in [-0.2, 0) is 19.1 Å². The van der Waals surface area contributed by atoms with E-state index in [1.807, 2.05) is 0 Å². The molecule has 1 aromatic rings. The number of carboxylic acid groups (broad SMARTS) is 2. The minimum Gasteiger partial charge on any atom is -0.479 e. The number of aliphatic carboxylic acids is 2. The van der Waals surface area contributed by atoms with Gasteiger partial charge in [0.1, 0.15) is 18.3 Å². The fourth-order valence-corrected chi connectivity index (χ4v) is 2.21. The van der Waals surface area contributed by atoms with Gasteiger partial charge in [0.25, 0.3) is 0 Å². The van der Waals surface area contributed by atoms with Crippen LogP contribution in [0.1, 0.15) is 11.7 Å². The van der Waals surface area contributed by atoms with Gasteiger partial charge in [0, 0.05) is 0 Å². The van der Waals surface area contributed by atoms with E-state index in [1.165, 1.54) is 12.1 Å². The normalized spacial score (nSPS) is 32.2. The lowest BCUT2D eigenvalue weighted by Gasteiger charge is -2.39. The lowest BCUT2D eigenvalue weighted by atomic mass is 9.99. The Morgan fingerprint density at radius 1 is 1.00 bits per heavy atom. The Hall–Kier alpha value is -2.04. The molecule has 2 rings (SSSR count). The van der Waals surface area contributed by atoms with E-state index in [0.717, 1.165) is 0 Å². The zero-order valence-corrected chi connectivity index (χ0v) is 11.7. The number of ether oxygens (including phenoxy) is 2. The molecule has 9 nitrogen and oxygen atoms in total. The highest BCUT2D eigenvalue weighted by atomic mass is 16.7. The molecule has 1 aromatic carbocycles. The van der Waals surface area contributed by atoms with Gasteiger partial charge in [-0.2, -0.15) is 0 Å². The summed E-state index contributed by atoms with van der Waals surface area (Å²) in [6, 6.07) is 7.74. The number of aliphatic hydroxyl groups excluding tert-OH is 3. The monoisotopic (exact) mass is 328 g/mol. The highest BCUT2D eigenvalue weighted by Gasteiger charge is 2.48. The van der Waals surface area contributed by atoms with E-state index in [2.05, 4.69) is 0 Å². The molecular formula is C14H16O9. The van der Waals surface area contributed by atoms with Gasteiger partial charge in [-0.25, -0.2) is 9.59 Å². The summed E-state index contributed by atoms with van der Waals surface area (Å²) in [6.07, 6.45) is -10.7. The summed E-state index contributed by atoms with van der Waals surface area (Å²) >= 11 is 0. The summed E-state index contributed by atoms with van der Waals surface area (Å²) < 4.78 is 10.0. The van der Waals surface area contributed by atoms with Crippen LogP contribution in [0.2, 0.25) is 0 Å². The standard InChI is InChI=1S/C14H16O9/c15-7-8(16)11(13(20)21)23-14(9(7)17)22-10(12(18)19)6-4-2-1-3-5-6/h1-5,7-11,14-17H,(H,18,19)(H,20,21). The Balaban J connectivity index is 2.21. The third-order valence-corrected chi connectivity index (χ3v) is 3.41. The van der Waals surface area contributed by atoms with Gasteiger partial charge in [-0.05, 0) is 5.56 Å². The maximum absolute atomic E-state index is 11.4. The van der Waals surface area contributed by atoms with Crippen LogP contribution in [0.4, 0.5) is 0 Å². The second kappa shape index (κ2) is 7.02. The third kappa shape index (κ3) is 3.66. The molecule has 1 aliphatic heterocycles. The minimum absolute atomic E-state index is 0.239. The fourth-order valence-electron chi connectivity index (χ4n) is 2.21. The van der Waals surface area contributed by atoms with Gasteiger partial charge in [-0.3, -0.25) is 0 Å². The van der Waals surface area contributed by atoms with E-state index >= 15 is 0 Å². The van der Waals surface area contributed by atoms with Crippen molar-refractivity contribution < 1.29 is 44.6 Å². The van der Waals surface area contributed by atoms with E-state index in [4.69, 9.17) is 14.6 Å². The maximum Gasteiger partial charge on any atom is 0.337 e. The van der Waals surface area contributed by atoms with Gasteiger partial charge in [-0.1, -0.05) is 30.3 Å². The predicted molar refractivity (Wildman–Crippen MR) is 72.2 cm³/mol. The smallest absolute Gasteiger partial charge is 0.337 e. The van der Waals surface area contributed by atoms with Crippen molar-refractivity contribution >= 4 is 11.9 Å². The van der Waals surface area contributed by atoms with Gasteiger partial charge in [0.15, 0.2) is 18.5 Å². The molecule has 0 amide bonds. The number of hydrogen-bond acceptors (Lipinski definition) is 7. The average Bonchev–Trinajstić information content (AvgIpc) is 2.52. The first kappa shape index (κ1) is 17.3. The fraction of sp³-hybridized carbons (Fsp3) is 0.429. The highest BCUT2D eigenvalue weighted by Crippen LogP contribution is 2.27. The Morgan fingerprint density at radius 3 is 2.13 bits per heavy atom. The number of carboxylic acids is 2. The largest absolute Gasteiger partial charge is 0.479 e. The second-order valence-corrected chi connectivity index (χ2v) is 5.00. The van der Waals surface area contributed by atoms with E-state index < -0.39 is 48.7 Å². The Bertz CT molecular complexity index is 561. The Labute approximate surface area is 130 Å². The van der Waals surface area contributed by atoms with Gasteiger partial charge < -0.3 is 35.0 Å². The summed E-state index contributed by atoms with van der Waals surface area (Å²) in [5.74, 6) is -2.97. The molecule has 5 N–H and O–H groups in total. The van der Waals surface area contributed by atoms with Crippen molar-refractivity contribution in [3.05, 3.63) is 35.9 Å². The van der Waals surface area contributed by atoms with Crippen molar-refractivity contribution in [2.75, 3.05) is 0 Å². The molecule has 1 heterocycles. The van der Waals surface area contributed by atoms with E-state index in [9.17, 15) is 30.0 Å². The van der Waals surface area contributed by atoms with Crippen molar-refractivity contribution in [3.63, 3.8) is 0 Å². The summed E-state index contributed by atoms with van der Waals surface area (Å²) in [4.78, 5) is 22.4. The molecule has 126 valence electrons. The molecule has 6 atom stereocenters.